The molecular weight excluding hydrogens is 282 g/mol. The molecule has 0 fully saturated rings. The van der Waals surface area contributed by atoms with E-state index in [1.807, 2.05) is 12.2 Å². The maximum atomic E-state index is 11.9. The van der Waals surface area contributed by atoms with Gasteiger partial charge in [0.15, 0.2) is 0 Å². The molecule has 6 N–H and O–H groups in total. The summed E-state index contributed by atoms with van der Waals surface area (Å²) in [4.78, 5) is 44.6. The summed E-state index contributed by atoms with van der Waals surface area (Å²) in [6.07, 6.45) is -0.0200. The highest BCUT2D eigenvalue weighted by Gasteiger charge is 2.27. The molecule has 3 unspecified atom stereocenters. The summed E-state index contributed by atoms with van der Waals surface area (Å²) in [5, 5.41) is 21.5. The number of hydrogen-bond acceptors (Lipinski definition) is 5. The van der Waals surface area contributed by atoms with E-state index in [0.717, 1.165) is 0 Å². The maximum Gasteiger partial charge on any atom is 0.322 e. The average molecular weight is 303 g/mol. The minimum atomic E-state index is -1.37. The Morgan fingerprint density at radius 2 is 1.67 bits per heavy atom. The first-order valence-corrected chi connectivity index (χ1v) is 6.46. The summed E-state index contributed by atoms with van der Waals surface area (Å²) in [6, 6.07) is -2.25. The topological polar surface area (TPSA) is 159 Å². The summed E-state index contributed by atoms with van der Waals surface area (Å²) in [7, 11) is 0. The number of carboxylic acid groups (broad SMARTS) is 2. The van der Waals surface area contributed by atoms with Gasteiger partial charge in [0, 0.05) is 0 Å². The van der Waals surface area contributed by atoms with E-state index in [9.17, 15) is 19.2 Å². The molecule has 9 nitrogen and oxygen atoms in total. The highest BCUT2D eigenvalue weighted by molar-refractivity contribution is 5.93. The summed E-state index contributed by atoms with van der Waals surface area (Å²) in [5.41, 5.74) is 5.69. The average Bonchev–Trinajstić information content (AvgIpc) is 2.41. The van der Waals surface area contributed by atoms with Crippen molar-refractivity contribution in [3.8, 4) is 0 Å². The van der Waals surface area contributed by atoms with E-state index in [-0.39, 0.29) is 5.92 Å². The molecule has 120 valence electrons. The largest absolute Gasteiger partial charge is 0.481 e. The van der Waals surface area contributed by atoms with Crippen molar-refractivity contribution in [2.45, 2.75) is 38.8 Å². The van der Waals surface area contributed by atoms with Crippen LogP contribution in [-0.2, 0) is 19.2 Å². The highest BCUT2D eigenvalue weighted by atomic mass is 16.4. The minimum Gasteiger partial charge on any atom is -0.481 e. The van der Waals surface area contributed by atoms with Gasteiger partial charge >= 0.3 is 11.9 Å². The maximum absolute atomic E-state index is 11.9. The molecule has 0 aromatic carbocycles. The first kappa shape index (κ1) is 18.8. The van der Waals surface area contributed by atoms with Gasteiger partial charge in [0.05, 0.1) is 12.5 Å². The van der Waals surface area contributed by atoms with Gasteiger partial charge in [-0.2, -0.15) is 0 Å². The molecule has 0 bridgehead atoms. The van der Waals surface area contributed by atoms with E-state index in [1.54, 1.807) is 6.92 Å². The Morgan fingerprint density at radius 3 is 2.10 bits per heavy atom. The van der Waals surface area contributed by atoms with Crippen molar-refractivity contribution < 1.29 is 29.4 Å². The first-order valence-electron chi connectivity index (χ1n) is 6.46. The van der Waals surface area contributed by atoms with E-state index >= 15 is 0 Å². The third-order valence-corrected chi connectivity index (χ3v) is 2.99. The van der Waals surface area contributed by atoms with Crippen molar-refractivity contribution in [1.82, 2.24) is 10.6 Å². The SMILES string of the molecule is CCC(C)C(N)C(=O)NC(CC(=O)O)C(=O)NCC(=O)O. The zero-order valence-electron chi connectivity index (χ0n) is 12.0. The fraction of sp³-hybridized carbons (Fsp3) is 0.667. The monoisotopic (exact) mass is 303 g/mol. The molecule has 0 aromatic heterocycles. The molecule has 0 radical (unpaired) electrons. The first-order chi connectivity index (χ1) is 9.68. The number of nitrogens with one attached hydrogen (secondary N) is 2. The van der Waals surface area contributed by atoms with Gasteiger partial charge in [0.25, 0.3) is 0 Å². The molecule has 0 aromatic rings. The Kier molecular flexibility index (Phi) is 7.99. The summed E-state index contributed by atoms with van der Waals surface area (Å²) < 4.78 is 0. The Labute approximate surface area is 121 Å². The van der Waals surface area contributed by atoms with Crippen molar-refractivity contribution in [3.05, 3.63) is 0 Å². The number of amides is 2. The molecule has 0 aliphatic rings. The second kappa shape index (κ2) is 8.90. The lowest BCUT2D eigenvalue weighted by Gasteiger charge is -2.21. The van der Waals surface area contributed by atoms with Gasteiger partial charge < -0.3 is 26.6 Å². The van der Waals surface area contributed by atoms with E-state index in [1.165, 1.54) is 0 Å². The van der Waals surface area contributed by atoms with Crippen molar-refractivity contribution in [3.63, 3.8) is 0 Å². The van der Waals surface area contributed by atoms with Crippen LogP contribution in [0.2, 0.25) is 0 Å². The summed E-state index contributed by atoms with van der Waals surface area (Å²) in [5.74, 6) is -4.26. The van der Waals surface area contributed by atoms with Crippen LogP contribution in [0.1, 0.15) is 26.7 Å². The van der Waals surface area contributed by atoms with Gasteiger partial charge in [0.1, 0.15) is 12.6 Å². The molecule has 0 saturated heterocycles. The normalized spacial score (nSPS) is 14.6. The van der Waals surface area contributed by atoms with Crippen molar-refractivity contribution in [2.24, 2.45) is 11.7 Å². The fourth-order valence-corrected chi connectivity index (χ4v) is 1.45. The van der Waals surface area contributed by atoms with Crippen LogP contribution < -0.4 is 16.4 Å². The fourth-order valence-electron chi connectivity index (χ4n) is 1.45. The lowest BCUT2D eigenvalue weighted by Crippen LogP contribution is -2.54. The summed E-state index contributed by atoms with van der Waals surface area (Å²) in [6.45, 7) is 2.93. The number of hydrogen-bond donors (Lipinski definition) is 5. The van der Waals surface area contributed by atoms with E-state index < -0.39 is 48.8 Å². The molecule has 2 amide bonds. The molecule has 0 rings (SSSR count). The zero-order valence-corrected chi connectivity index (χ0v) is 12.0. The van der Waals surface area contributed by atoms with Crippen molar-refractivity contribution >= 4 is 23.8 Å². The van der Waals surface area contributed by atoms with E-state index in [0.29, 0.717) is 6.42 Å². The Morgan fingerprint density at radius 1 is 1.10 bits per heavy atom. The molecule has 0 saturated carbocycles. The molecular formula is C12H21N3O6. The van der Waals surface area contributed by atoms with E-state index in [2.05, 4.69) is 5.32 Å². The third-order valence-electron chi connectivity index (χ3n) is 2.99. The molecule has 0 spiro atoms. The van der Waals surface area contributed by atoms with Crippen molar-refractivity contribution in [1.29, 1.82) is 0 Å². The second-order valence-electron chi connectivity index (χ2n) is 4.68. The number of nitrogens with two attached hydrogens (primary N) is 1. The highest BCUT2D eigenvalue weighted by Crippen LogP contribution is 2.06. The van der Waals surface area contributed by atoms with Gasteiger partial charge in [-0.25, -0.2) is 0 Å². The minimum absolute atomic E-state index is 0.141. The lowest BCUT2D eigenvalue weighted by atomic mass is 9.99. The standard InChI is InChI=1S/C12H21N3O6/c1-3-6(2)10(13)12(21)15-7(4-8(16)17)11(20)14-5-9(18)19/h6-7,10H,3-5,13H2,1-2H3,(H,14,20)(H,15,21)(H,16,17)(H,18,19). The van der Waals surface area contributed by atoms with Crippen molar-refractivity contribution in [2.75, 3.05) is 6.54 Å². The quantitative estimate of drug-likeness (QED) is 0.347. The molecule has 0 aliphatic carbocycles. The third kappa shape index (κ3) is 7.25. The van der Waals surface area contributed by atoms with Crippen LogP contribution in [0.15, 0.2) is 0 Å². The van der Waals surface area contributed by atoms with E-state index in [4.69, 9.17) is 15.9 Å². The van der Waals surface area contributed by atoms with Gasteiger partial charge in [-0.1, -0.05) is 20.3 Å². The predicted molar refractivity (Wildman–Crippen MR) is 72.3 cm³/mol. The number of rotatable bonds is 9. The second-order valence-corrected chi connectivity index (χ2v) is 4.68. The molecule has 3 atom stereocenters. The van der Waals surface area contributed by atoms with Crippen LogP contribution in [0, 0.1) is 5.92 Å². The Bertz CT molecular complexity index is 412. The van der Waals surface area contributed by atoms with Crippen LogP contribution in [0.3, 0.4) is 0 Å². The number of aliphatic carboxylic acids is 2. The molecule has 9 heteroatoms. The predicted octanol–water partition coefficient (Wildman–Crippen LogP) is -1.48. The zero-order chi connectivity index (χ0) is 16.6. The Hall–Kier alpha value is -2.16. The molecule has 0 heterocycles. The number of carbonyl (C=O) groups excluding carboxylic acids is 2. The summed E-state index contributed by atoms with van der Waals surface area (Å²) >= 11 is 0. The van der Waals surface area contributed by atoms with Gasteiger partial charge in [-0.05, 0) is 5.92 Å². The number of carboxylic acids is 2. The van der Waals surface area contributed by atoms with Crippen LogP contribution in [-0.4, -0.2) is 52.6 Å². The van der Waals surface area contributed by atoms with Crippen LogP contribution in [0.25, 0.3) is 0 Å². The lowest BCUT2D eigenvalue weighted by molar-refractivity contribution is -0.141. The molecule has 21 heavy (non-hydrogen) atoms. The van der Waals surface area contributed by atoms with Crippen LogP contribution in [0.4, 0.5) is 0 Å². The van der Waals surface area contributed by atoms with Crippen LogP contribution in [0.5, 0.6) is 0 Å². The smallest absolute Gasteiger partial charge is 0.322 e. The van der Waals surface area contributed by atoms with Gasteiger partial charge in [0.2, 0.25) is 11.8 Å². The molecule has 0 aliphatic heterocycles. The van der Waals surface area contributed by atoms with Gasteiger partial charge in [-0.3, -0.25) is 19.2 Å². The van der Waals surface area contributed by atoms with Crippen LogP contribution >= 0.6 is 0 Å². The Balaban J connectivity index is 4.75. The number of carbonyl (C=O) groups is 4. The van der Waals surface area contributed by atoms with Gasteiger partial charge in [-0.15, -0.1) is 0 Å².